The first-order valence-electron chi connectivity index (χ1n) is 50.0. The van der Waals surface area contributed by atoms with Gasteiger partial charge in [-0.3, -0.25) is 28.8 Å². The number of rotatable bonds is 92. The Morgan fingerprint density at radius 1 is 0.204 bits per heavy atom. The molecule has 0 aliphatic carbocycles. The molecule has 0 saturated heterocycles. The van der Waals surface area contributed by atoms with Gasteiger partial charge in [0, 0.05) is 65.7 Å². The molecule has 0 heterocycles. The van der Waals surface area contributed by atoms with E-state index in [4.69, 9.17) is 18.9 Å². The van der Waals surface area contributed by atoms with Crippen molar-refractivity contribution in [1.82, 2.24) is 19.6 Å². The summed E-state index contributed by atoms with van der Waals surface area (Å²) in [6.07, 6.45) is 80.6. The molecule has 0 N–H and O–H groups in total. The number of carbonyl (C=O) groups excluding carboxylic acids is 6. The normalized spacial score (nSPS) is 11.6. The van der Waals surface area contributed by atoms with E-state index in [0.717, 1.165) is 277 Å². The second-order valence-corrected chi connectivity index (χ2v) is 34.8. The van der Waals surface area contributed by atoms with Crippen LogP contribution in [0.5, 0.6) is 0 Å². The Morgan fingerprint density at radius 3 is 0.655 bits per heavy atom. The van der Waals surface area contributed by atoms with Gasteiger partial charge in [-0.2, -0.15) is 0 Å². The minimum Gasteiger partial charge on any atom is -0.466 e. The molecule has 14 heteroatoms. The van der Waals surface area contributed by atoms with Gasteiger partial charge < -0.3 is 38.5 Å². The van der Waals surface area contributed by atoms with Crippen LogP contribution in [0.3, 0.4) is 0 Å². The van der Waals surface area contributed by atoms with Gasteiger partial charge in [0.25, 0.3) is 0 Å². The first-order chi connectivity index (χ1) is 55.3. The summed E-state index contributed by atoms with van der Waals surface area (Å²) in [5, 5.41) is 0. The van der Waals surface area contributed by atoms with E-state index in [9.17, 15) is 28.8 Å². The lowest BCUT2D eigenvalue weighted by atomic mass is 10.0. The Labute approximate surface area is 701 Å². The molecule has 0 radical (unpaired) electrons. The van der Waals surface area contributed by atoms with Gasteiger partial charge in [-0.25, -0.2) is 0 Å². The van der Waals surface area contributed by atoms with E-state index in [-0.39, 0.29) is 47.9 Å². The van der Waals surface area contributed by atoms with Crippen LogP contribution in [0.15, 0.2) is 0 Å². The Kier molecular flexibility index (Phi) is 85.5. The van der Waals surface area contributed by atoms with Gasteiger partial charge in [0.2, 0.25) is 11.8 Å². The van der Waals surface area contributed by atoms with Crippen LogP contribution in [0.25, 0.3) is 0 Å². The van der Waals surface area contributed by atoms with Crippen molar-refractivity contribution in [1.29, 1.82) is 0 Å². The first-order valence-corrected chi connectivity index (χ1v) is 50.0. The van der Waals surface area contributed by atoms with Crippen molar-refractivity contribution < 1.29 is 47.7 Å². The number of amides is 2. The molecule has 113 heavy (non-hydrogen) atoms. The van der Waals surface area contributed by atoms with Gasteiger partial charge in [-0.1, -0.05) is 324 Å². The van der Waals surface area contributed by atoms with Crippen LogP contribution in [-0.2, 0) is 47.7 Å². The van der Waals surface area contributed by atoms with E-state index in [0.29, 0.717) is 64.8 Å². The molecule has 668 valence electrons. The molecule has 0 aromatic heterocycles. The van der Waals surface area contributed by atoms with E-state index in [2.05, 4.69) is 51.3 Å². The number of ether oxygens (including phenoxy) is 4. The van der Waals surface area contributed by atoms with Gasteiger partial charge in [0.05, 0.1) is 13.2 Å². The fourth-order valence-corrected chi connectivity index (χ4v) is 15.9. The molecule has 0 atom stereocenters. The Balaban J connectivity index is 5.27. The number of hydrogen-bond acceptors (Lipinski definition) is 12. The van der Waals surface area contributed by atoms with E-state index in [1.807, 2.05) is 23.9 Å². The highest BCUT2D eigenvalue weighted by Gasteiger charge is 2.19. The lowest BCUT2D eigenvalue weighted by molar-refractivity contribution is -0.151. The zero-order chi connectivity index (χ0) is 82.4. The second-order valence-electron chi connectivity index (χ2n) is 34.8. The van der Waals surface area contributed by atoms with Crippen LogP contribution in [0, 0.1) is 0 Å². The fraction of sp³-hybridized carbons (Fsp3) is 0.939. The fourth-order valence-electron chi connectivity index (χ4n) is 15.9. The number of carbonyl (C=O) groups is 6. The molecule has 0 unspecified atom stereocenters. The standard InChI is InChI=1S/C99H192N4O10/c1-9-15-21-27-33-51-69-90-110-96(106)78-57-43-35-47-63-84-102(86-65-49-37-45-59-80-98(108)112-92(72-53-39-29-23-17-11-3)73-54-40-30-24-18-12-4)88-67-61-76-94(104)100(7)82-71-83-101(8)95(105)77-62-68-89-103(85-64-48-36-44-58-79-97(107)111-91-70-52-34-28-22-16-10-2)87-66-50-38-46-60-81-99(109)113-93(74-55-41-31-25-19-13-5)75-56-42-32-26-20-14-6/h92-93H,9-91H2,1-8H3. The van der Waals surface area contributed by atoms with Crippen molar-refractivity contribution in [3.8, 4) is 0 Å². The van der Waals surface area contributed by atoms with E-state index < -0.39 is 0 Å². The maximum Gasteiger partial charge on any atom is 0.306 e. The Hall–Kier alpha value is -3.26. The number of esters is 4. The van der Waals surface area contributed by atoms with Gasteiger partial charge >= 0.3 is 23.9 Å². The molecule has 0 spiro atoms. The molecule has 0 rings (SSSR count). The molecule has 0 aromatic rings. The number of nitrogens with zero attached hydrogens (tertiary/aromatic N) is 4. The van der Waals surface area contributed by atoms with Gasteiger partial charge in [0.1, 0.15) is 12.2 Å². The van der Waals surface area contributed by atoms with Crippen LogP contribution in [-0.4, -0.2) is 147 Å². The molecule has 0 aromatic carbocycles. The quantitative estimate of drug-likeness (QED) is 0.0324. The summed E-state index contributed by atoms with van der Waals surface area (Å²) in [6.45, 7) is 22.1. The number of unbranched alkanes of at least 4 members (excludes halogenated alkanes) is 50. The molecule has 2 amide bonds. The van der Waals surface area contributed by atoms with Crippen molar-refractivity contribution in [2.24, 2.45) is 0 Å². The minimum absolute atomic E-state index is 0.000761. The van der Waals surface area contributed by atoms with Crippen LogP contribution >= 0.6 is 0 Å². The molecule has 0 bridgehead atoms. The van der Waals surface area contributed by atoms with Crippen LogP contribution < -0.4 is 0 Å². The smallest absolute Gasteiger partial charge is 0.306 e. The maximum absolute atomic E-state index is 13.5. The summed E-state index contributed by atoms with van der Waals surface area (Å²) in [5.41, 5.74) is 0. The molecular formula is C99H192N4O10. The molecular weight excluding hydrogens is 1410 g/mol. The highest BCUT2D eigenvalue weighted by atomic mass is 16.6. The first kappa shape index (κ1) is 110. The summed E-state index contributed by atoms with van der Waals surface area (Å²) < 4.78 is 23.4. The Morgan fingerprint density at radius 2 is 0.398 bits per heavy atom. The predicted octanol–water partition coefficient (Wildman–Crippen LogP) is 28.0. The average Bonchev–Trinajstić information content (AvgIpc) is 0.967. The summed E-state index contributed by atoms with van der Waals surface area (Å²) in [6, 6.07) is 0. The zero-order valence-electron chi connectivity index (χ0n) is 76.7. The largest absolute Gasteiger partial charge is 0.466 e. The van der Waals surface area contributed by atoms with Crippen molar-refractivity contribution in [3.05, 3.63) is 0 Å². The van der Waals surface area contributed by atoms with Gasteiger partial charge in [0.15, 0.2) is 0 Å². The van der Waals surface area contributed by atoms with Gasteiger partial charge in [-0.15, -0.1) is 0 Å². The van der Waals surface area contributed by atoms with Crippen LogP contribution in [0.1, 0.15) is 510 Å². The predicted molar refractivity (Wildman–Crippen MR) is 481 cm³/mol. The van der Waals surface area contributed by atoms with Crippen molar-refractivity contribution >= 4 is 35.7 Å². The highest BCUT2D eigenvalue weighted by molar-refractivity contribution is 5.76. The third-order valence-electron chi connectivity index (χ3n) is 23.6. The van der Waals surface area contributed by atoms with Gasteiger partial charge in [-0.05, 0) is 187 Å². The van der Waals surface area contributed by atoms with Crippen molar-refractivity contribution in [3.63, 3.8) is 0 Å². The van der Waals surface area contributed by atoms with Crippen LogP contribution in [0.4, 0.5) is 0 Å². The minimum atomic E-state index is -0.0442. The van der Waals surface area contributed by atoms with Crippen LogP contribution in [0.2, 0.25) is 0 Å². The average molecular weight is 1600 g/mol. The molecule has 14 nitrogen and oxygen atoms in total. The molecule has 0 aliphatic heterocycles. The summed E-state index contributed by atoms with van der Waals surface area (Å²) in [7, 11) is 3.83. The molecule has 0 aliphatic rings. The van der Waals surface area contributed by atoms with Crippen molar-refractivity contribution in [2.75, 3.05) is 79.7 Å². The third-order valence-corrected chi connectivity index (χ3v) is 23.6. The number of hydrogen-bond donors (Lipinski definition) is 0. The van der Waals surface area contributed by atoms with E-state index >= 15 is 0 Å². The molecule has 0 fully saturated rings. The SMILES string of the molecule is CCCCCCCCCOC(=O)CCCCCCCN(CCCCCCCC(=O)OC(CCCCCCCC)CCCCCCCC)CCCCC(=O)N(C)CCCN(C)C(=O)CCCCN(CCCCCCCC(=O)OCCCCCCCCC)CCCCCCCC(=O)OC(CCCCCCCC)CCCCCCCC. The lowest BCUT2D eigenvalue weighted by Gasteiger charge is -2.23. The molecule has 0 saturated carbocycles. The van der Waals surface area contributed by atoms with Crippen molar-refractivity contribution in [2.45, 2.75) is 522 Å². The summed E-state index contributed by atoms with van der Waals surface area (Å²) in [5.74, 6) is 0.267. The third kappa shape index (κ3) is 79.6. The zero-order valence-corrected chi connectivity index (χ0v) is 76.7. The Bertz CT molecular complexity index is 1890. The second kappa shape index (κ2) is 88.0. The maximum atomic E-state index is 13.5. The van der Waals surface area contributed by atoms with E-state index in [1.165, 1.54) is 193 Å². The topological polar surface area (TPSA) is 152 Å². The lowest BCUT2D eigenvalue weighted by Crippen LogP contribution is -2.33. The summed E-state index contributed by atoms with van der Waals surface area (Å²) in [4.78, 5) is 87.0. The summed E-state index contributed by atoms with van der Waals surface area (Å²) >= 11 is 0. The highest BCUT2D eigenvalue weighted by Crippen LogP contribution is 2.23. The van der Waals surface area contributed by atoms with E-state index in [1.54, 1.807) is 0 Å². The monoisotopic (exact) mass is 1600 g/mol.